The molecule has 1 saturated carbocycles. The number of Topliss-reactive ketones (excluding diaryl/α,β-unsaturated/α-hetero) is 1. The Kier molecular flexibility index (Phi) is 1.51. The van der Waals surface area contributed by atoms with Crippen molar-refractivity contribution in [3.63, 3.8) is 0 Å². The van der Waals surface area contributed by atoms with Gasteiger partial charge in [-0.05, 0) is 24.8 Å². The minimum atomic E-state index is -0.440. The van der Waals surface area contributed by atoms with E-state index in [2.05, 4.69) is 4.74 Å². The molecule has 2 aliphatic carbocycles. The third-order valence-corrected chi connectivity index (χ3v) is 3.75. The van der Waals surface area contributed by atoms with Crippen LogP contribution in [0.2, 0.25) is 0 Å². The highest BCUT2D eigenvalue weighted by molar-refractivity contribution is 6.02. The number of hydrogen-bond donors (Lipinski definition) is 0. The Balaban J connectivity index is 2.03. The molecule has 3 aliphatic rings. The second-order valence-electron chi connectivity index (χ2n) is 4.48. The number of ether oxygens (including phenoxy) is 1. The summed E-state index contributed by atoms with van der Waals surface area (Å²) in [6.45, 7) is 1.50. The summed E-state index contributed by atoms with van der Waals surface area (Å²) in [4.78, 5) is 34.1. The molecule has 1 aliphatic heterocycles. The molecule has 0 aromatic carbocycles. The van der Waals surface area contributed by atoms with Gasteiger partial charge in [-0.2, -0.15) is 0 Å². The quantitative estimate of drug-likeness (QED) is 0.462. The lowest BCUT2D eigenvalue weighted by molar-refractivity contribution is -0.154. The first-order chi connectivity index (χ1) is 7.09. The van der Waals surface area contributed by atoms with E-state index in [-0.39, 0.29) is 29.5 Å². The number of carbonyl (C=O) groups is 3. The first-order valence-corrected chi connectivity index (χ1v) is 5.08. The predicted octanol–water partition coefficient (Wildman–Crippen LogP) is 0.467. The van der Waals surface area contributed by atoms with Crippen LogP contribution in [-0.4, -0.2) is 17.7 Å². The molecule has 2 bridgehead atoms. The van der Waals surface area contributed by atoms with Gasteiger partial charge in [-0.15, -0.1) is 0 Å². The second-order valence-corrected chi connectivity index (χ2v) is 4.48. The Morgan fingerprint density at radius 2 is 2.00 bits per heavy atom. The van der Waals surface area contributed by atoms with Crippen molar-refractivity contribution in [1.29, 1.82) is 0 Å². The molecule has 4 heteroatoms. The fourth-order valence-corrected chi connectivity index (χ4v) is 3.20. The molecular formula is C11H10O4. The molecule has 0 spiro atoms. The van der Waals surface area contributed by atoms with Crippen LogP contribution in [0.15, 0.2) is 11.6 Å². The zero-order valence-corrected chi connectivity index (χ0v) is 8.23. The fraction of sp³-hybridized carbons (Fsp3) is 0.545. The van der Waals surface area contributed by atoms with E-state index >= 15 is 0 Å². The van der Waals surface area contributed by atoms with E-state index in [1.807, 2.05) is 6.08 Å². The Bertz CT molecular complexity index is 420. The minimum Gasteiger partial charge on any atom is -0.393 e. The highest BCUT2D eigenvalue weighted by Gasteiger charge is 2.60. The number of hydrogen-bond acceptors (Lipinski definition) is 4. The van der Waals surface area contributed by atoms with Crippen molar-refractivity contribution in [3.8, 4) is 0 Å². The standard InChI is InChI=1S/C11H10O4/c1-4(12)6-2-5-3-7(6)9-8(5)10(13)15-11(9)14/h2,5,7-9H,3H2,1H3. The number of carbonyl (C=O) groups excluding carboxylic acids is 3. The van der Waals surface area contributed by atoms with Gasteiger partial charge in [-0.3, -0.25) is 14.4 Å². The van der Waals surface area contributed by atoms with E-state index in [0.717, 1.165) is 6.42 Å². The maximum atomic E-state index is 11.4. The molecule has 1 saturated heterocycles. The predicted molar refractivity (Wildman–Crippen MR) is 48.4 cm³/mol. The summed E-state index contributed by atoms with van der Waals surface area (Å²) in [5.74, 6) is -1.57. The van der Waals surface area contributed by atoms with Crippen LogP contribution in [0.5, 0.6) is 0 Å². The molecule has 4 atom stereocenters. The molecule has 3 rings (SSSR count). The Labute approximate surface area is 86.3 Å². The number of ketones is 1. The topological polar surface area (TPSA) is 60.4 Å². The van der Waals surface area contributed by atoms with Gasteiger partial charge in [0.15, 0.2) is 5.78 Å². The first kappa shape index (κ1) is 8.83. The van der Waals surface area contributed by atoms with Gasteiger partial charge in [-0.25, -0.2) is 0 Å². The van der Waals surface area contributed by atoms with E-state index in [1.54, 1.807) is 0 Å². The van der Waals surface area contributed by atoms with Crippen molar-refractivity contribution in [2.24, 2.45) is 23.7 Å². The van der Waals surface area contributed by atoms with Gasteiger partial charge in [0.25, 0.3) is 0 Å². The van der Waals surface area contributed by atoms with Crippen LogP contribution in [0.4, 0.5) is 0 Å². The third kappa shape index (κ3) is 0.940. The zero-order valence-electron chi connectivity index (χ0n) is 8.23. The number of esters is 2. The van der Waals surface area contributed by atoms with Crippen LogP contribution in [0, 0.1) is 23.7 Å². The van der Waals surface area contributed by atoms with Crippen molar-refractivity contribution in [2.75, 3.05) is 0 Å². The molecule has 4 nitrogen and oxygen atoms in total. The Hall–Kier alpha value is -1.45. The third-order valence-electron chi connectivity index (χ3n) is 3.75. The molecule has 78 valence electrons. The lowest BCUT2D eigenvalue weighted by Crippen LogP contribution is -2.26. The molecule has 4 unspecified atom stereocenters. The largest absolute Gasteiger partial charge is 0.393 e. The van der Waals surface area contributed by atoms with Crippen LogP contribution < -0.4 is 0 Å². The number of rotatable bonds is 1. The van der Waals surface area contributed by atoms with Crippen LogP contribution in [0.25, 0.3) is 0 Å². The summed E-state index contributed by atoms with van der Waals surface area (Å²) in [5, 5.41) is 0. The van der Waals surface area contributed by atoms with Crippen molar-refractivity contribution in [3.05, 3.63) is 11.6 Å². The van der Waals surface area contributed by atoms with Gasteiger partial charge in [0.2, 0.25) is 0 Å². The highest BCUT2D eigenvalue weighted by atomic mass is 16.6. The summed E-state index contributed by atoms with van der Waals surface area (Å²) in [6, 6.07) is 0. The zero-order chi connectivity index (χ0) is 10.7. The lowest BCUT2D eigenvalue weighted by atomic mass is 9.80. The van der Waals surface area contributed by atoms with Gasteiger partial charge in [0.1, 0.15) is 0 Å². The first-order valence-electron chi connectivity index (χ1n) is 5.08. The maximum absolute atomic E-state index is 11.4. The van der Waals surface area contributed by atoms with Crippen molar-refractivity contribution >= 4 is 17.7 Å². The molecule has 0 N–H and O–H groups in total. The van der Waals surface area contributed by atoms with Crippen LogP contribution in [0.3, 0.4) is 0 Å². The van der Waals surface area contributed by atoms with Gasteiger partial charge < -0.3 is 4.74 Å². The van der Waals surface area contributed by atoms with Crippen molar-refractivity contribution < 1.29 is 19.1 Å². The molecule has 2 fully saturated rings. The number of fused-ring (bicyclic) bond motifs is 5. The summed E-state index contributed by atoms with van der Waals surface area (Å²) in [7, 11) is 0. The molecule has 0 radical (unpaired) electrons. The number of allylic oxidation sites excluding steroid dienone is 2. The van der Waals surface area contributed by atoms with E-state index < -0.39 is 11.9 Å². The van der Waals surface area contributed by atoms with Crippen LogP contribution in [0.1, 0.15) is 13.3 Å². The van der Waals surface area contributed by atoms with Crippen LogP contribution >= 0.6 is 0 Å². The summed E-state index contributed by atoms with van der Waals surface area (Å²) in [6.07, 6.45) is 2.61. The number of cyclic esters (lactones) is 2. The minimum absolute atomic E-state index is 0.00750. The van der Waals surface area contributed by atoms with Crippen molar-refractivity contribution in [1.82, 2.24) is 0 Å². The second kappa shape index (κ2) is 2.56. The van der Waals surface area contributed by atoms with Gasteiger partial charge >= 0.3 is 11.9 Å². The molecular weight excluding hydrogens is 196 g/mol. The average Bonchev–Trinajstić information content (AvgIpc) is 2.77. The molecule has 1 heterocycles. The Morgan fingerprint density at radius 1 is 1.33 bits per heavy atom. The lowest BCUT2D eigenvalue weighted by Gasteiger charge is -2.18. The van der Waals surface area contributed by atoms with Gasteiger partial charge in [0, 0.05) is 5.92 Å². The summed E-state index contributed by atoms with van der Waals surface area (Å²) < 4.78 is 4.61. The molecule has 0 aromatic heterocycles. The van der Waals surface area contributed by atoms with E-state index in [4.69, 9.17) is 0 Å². The normalized spacial score (nSPS) is 41.5. The molecule has 0 aromatic rings. The van der Waals surface area contributed by atoms with E-state index in [1.165, 1.54) is 6.92 Å². The van der Waals surface area contributed by atoms with Crippen molar-refractivity contribution in [2.45, 2.75) is 13.3 Å². The smallest absolute Gasteiger partial charge is 0.318 e. The molecule has 15 heavy (non-hydrogen) atoms. The van der Waals surface area contributed by atoms with E-state index in [0.29, 0.717) is 5.57 Å². The van der Waals surface area contributed by atoms with Gasteiger partial charge in [0.05, 0.1) is 11.8 Å². The summed E-state index contributed by atoms with van der Waals surface area (Å²) in [5.41, 5.74) is 0.716. The van der Waals surface area contributed by atoms with Gasteiger partial charge in [-0.1, -0.05) is 6.08 Å². The fourth-order valence-electron chi connectivity index (χ4n) is 3.20. The highest BCUT2D eigenvalue weighted by Crippen LogP contribution is 2.54. The maximum Gasteiger partial charge on any atom is 0.318 e. The average molecular weight is 206 g/mol. The SMILES string of the molecule is CC(=O)C1=CC2CC1C1C(=O)OC(=O)C21. The Morgan fingerprint density at radius 3 is 2.67 bits per heavy atom. The van der Waals surface area contributed by atoms with E-state index in [9.17, 15) is 14.4 Å². The molecule has 0 amide bonds. The monoisotopic (exact) mass is 206 g/mol. The summed E-state index contributed by atoms with van der Waals surface area (Å²) >= 11 is 0. The van der Waals surface area contributed by atoms with Crippen LogP contribution in [-0.2, 0) is 19.1 Å².